The van der Waals surface area contributed by atoms with Crippen LogP contribution in [0.1, 0.15) is 32.6 Å². The molecule has 0 N–H and O–H groups in total. The molecule has 3 nitrogen and oxygen atoms in total. The molecule has 16 heavy (non-hydrogen) atoms. The first-order valence-electron chi connectivity index (χ1n) is 6.28. The van der Waals surface area contributed by atoms with Gasteiger partial charge in [-0.1, -0.05) is 25.0 Å². The summed E-state index contributed by atoms with van der Waals surface area (Å²) in [5.74, 6) is 0. The molecule has 0 aromatic rings. The zero-order valence-electron chi connectivity index (χ0n) is 10.6. The fourth-order valence-corrected chi connectivity index (χ4v) is 6.06. The summed E-state index contributed by atoms with van der Waals surface area (Å²) >= 11 is 0. The van der Waals surface area contributed by atoms with Crippen LogP contribution < -0.4 is 0 Å². The molecule has 0 amide bonds. The molecule has 0 bridgehead atoms. The molecule has 1 aliphatic carbocycles. The van der Waals surface area contributed by atoms with E-state index in [1.54, 1.807) is 0 Å². The molecule has 0 radical (unpaired) electrons. The number of hydrogen-bond donors (Lipinski definition) is 0. The molecular formula is C12H23N2OP. The Morgan fingerprint density at radius 2 is 1.69 bits per heavy atom. The molecule has 92 valence electrons. The Hall–Kier alpha value is -0.110. The van der Waals surface area contributed by atoms with E-state index in [0.29, 0.717) is 18.2 Å². The molecular weight excluding hydrogens is 219 g/mol. The number of likely N-dealkylation sites (N-methyl/N-ethyl adjacent to an activating group) is 2. The van der Waals surface area contributed by atoms with Gasteiger partial charge in [-0.15, -0.1) is 0 Å². The molecule has 2 aliphatic rings. The van der Waals surface area contributed by atoms with Crippen LogP contribution in [0.5, 0.6) is 0 Å². The van der Waals surface area contributed by atoms with Crippen molar-refractivity contribution in [1.82, 2.24) is 9.34 Å². The van der Waals surface area contributed by atoms with E-state index in [2.05, 4.69) is 23.4 Å². The lowest BCUT2D eigenvalue weighted by molar-refractivity contribution is 0.233. The van der Waals surface area contributed by atoms with Crippen LogP contribution in [0.25, 0.3) is 0 Å². The molecule has 0 unspecified atom stereocenters. The summed E-state index contributed by atoms with van der Waals surface area (Å²) in [5.41, 5.74) is 0. The van der Waals surface area contributed by atoms with Crippen LogP contribution in [0.3, 0.4) is 0 Å². The predicted octanol–water partition coefficient (Wildman–Crippen LogP) is 2.94. The van der Waals surface area contributed by atoms with Crippen molar-refractivity contribution in [3.05, 3.63) is 12.2 Å². The number of rotatable bonds is 2. The summed E-state index contributed by atoms with van der Waals surface area (Å²) in [6.07, 6.45) is 9.76. The Morgan fingerprint density at radius 3 is 2.12 bits per heavy atom. The first kappa shape index (κ1) is 12.3. The van der Waals surface area contributed by atoms with Gasteiger partial charge in [0.1, 0.15) is 0 Å². The van der Waals surface area contributed by atoms with Gasteiger partial charge in [0.2, 0.25) is 7.44 Å². The summed E-state index contributed by atoms with van der Waals surface area (Å²) in [4.78, 5) is 0. The largest absolute Gasteiger partial charge is 0.288 e. The van der Waals surface area contributed by atoms with Crippen molar-refractivity contribution in [2.75, 3.05) is 20.3 Å². The van der Waals surface area contributed by atoms with Gasteiger partial charge in [-0.05, 0) is 33.9 Å². The Labute approximate surface area is 99.0 Å². The van der Waals surface area contributed by atoms with Crippen LogP contribution in [0, 0.1) is 0 Å². The maximum atomic E-state index is 13.0. The Morgan fingerprint density at radius 1 is 1.19 bits per heavy atom. The first-order valence-corrected chi connectivity index (χ1v) is 8.08. The highest BCUT2D eigenvalue weighted by Gasteiger charge is 2.50. The maximum Gasteiger partial charge on any atom is 0.220 e. The topological polar surface area (TPSA) is 23.6 Å². The van der Waals surface area contributed by atoms with Crippen molar-refractivity contribution in [1.29, 1.82) is 0 Å². The molecule has 2 fully saturated rings. The molecule has 1 saturated carbocycles. The second kappa shape index (κ2) is 4.64. The van der Waals surface area contributed by atoms with Gasteiger partial charge in [0.05, 0.1) is 0 Å². The molecule has 0 aromatic heterocycles. The Bertz CT molecular complexity index is 307. The highest BCUT2D eigenvalue weighted by atomic mass is 31.2. The third-order valence-electron chi connectivity index (χ3n) is 4.22. The third kappa shape index (κ3) is 1.79. The van der Waals surface area contributed by atoms with Crippen molar-refractivity contribution >= 4 is 7.44 Å². The monoisotopic (exact) mass is 242 g/mol. The minimum atomic E-state index is -2.29. The summed E-state index contributed by atoms with van der Waals surface area (Å²) in [6.45, 7) is 2.00. The number of allylic oxidation sites excluding steroid dienone is 2. The fourth-order valence-electron chi connectivity index (χ4n) is 3.15. The van der Waals surface area contributed by atoms with Gasteiger partial charge in [-0.3, -0.25) is 4.57 Å². The van der Waals surface area contributed by atoms with E-state index in [1.165, 1.54) is 25.7 Å². The minimum Gasteiger partial charge on any atom is -0.288 e. The van der Waals surface area contributed by atoms with Crippen LogP contribution in [0.15, 0.2) is 12.2 Å². The molecule has 1 heterocycles. The van der Waals surface area contributed by atoms with Crippen molar-refractivity contribution in [2.24, 2.45) is 0 Å². The smallest absolute Gasteiger partial charge is 0.220 e. The van der Waals surface area contributed by atoms with E-state index >= 15 is 0 Å². The number of nitrogens with zero attached hydrogens (tertiary/aromatic N) is 2. The highest BCUT2D eigenvalue weighted by Crippen LogP contribution is 2.61. The zero-order chi connectivity index (χ0) is 11.8. The zero-order valence-corrected chi connectivity index (χ0v) is 11.5. The number of fused-ring (bicyclic) bond motifs is 1. The van der Waals surface area contributed by atoms with Crippen molar-refractivity contribution < 1.29 is 4.57 Å². The maximum absolute atomic E-state index is 13.0. The molecule has 0 aromatic carbocycles. The molecule has 1 saturated heterocycles. The van der Waals surface area contributed by atoms with E-state index in [9.17, 15) is 4.57 Å². The van der Waals surface area contributed by atoms with Gasteiger partial charge < -0.3 is 0 Å². The third-order valence-corrected chi connectivity index (χ3v) is 7.47. The van der Waals surface area contributed by atoms with E-state index in [1.807, 2.05) is 19.1 Å². The van der Waals surface area contributed by atoms with E-state index in [0.717, 1.165) is 0 Å². The summed E-state index contributed by atoms with van der Waals surface area (Å²) in [6, 6.07) is 1.05. The summed E-state index contributed by atoms with van der Waals surface area (Å²) in [5, 5.41) is 0. The Balaban J connectivity index is 2.23. The highest BCUT2D eigenvalue weighted by molar-refractivity contribution is 7.59. The van der Waals surface area contributed by atoms with Crippen LogP contribution in [-0.4, -0.2) is 41.7 Å². The SMILES string of the molecule is C/C=C\CP1(=O)N(C)[C@@H]2CCCC[C@H]2N1C. The number of hydrogen-bond acceptors (Lipinski definition) is 1. The average Bonchev–Trinajstić information content (AvgIpc) is 2.51. The average molecular weight is 242 g/mol. The molecule has 1 aliphatic heterocycles. The van der Waals surface area contributed by atoms with Crippen molar-refractivity contribution in [3.8, 4) is 0 Å². The second-order valence-electron chi connectivity index (χ2n) is 4.98. The van der Waals surface area contributed by atoms with Crippen LogP contribution >= 0.6 is 7.44 Å². The molecule has 2 atom stereocenters. The first-order chi connectivity index (χ1) is 7.61. The van der Waals surface area contributed by atoms with Gasteiger partial charge in [-0.25, -0.2) is 9.34 Å². The summed E-state index contributed by atoms with van der Waals surface area (Å²) in [7, 11) is 1.81. The fraction of sp³-hybridized carbons (Fsp3) is 0.833. The Kier molecular flexibility index (Phi) is 3.58. The minimum absolute atomic E-state index is 0.523. The van der Waals surface area contributed by atoms with E-state index in [4.69, 9.17) is 0 Å². The van der Waals surface area contributed by atoms with Crippen LogP contribution in [0.2, 0.25) is 0 Å². The van der Waals surface area contributed by atoms with Crippen molar-refractivity contribution in [3.63, 3.8) is 0 Å². The van der Waals surface area contributed by atoms with Crippen LogP contribution in [0.4, 0.5) is 0 Å². The van der Waals surface area contributed by atoms with Crippen LogP contribution in [-0.2, 0) is 4.57 Å². The standard InChI is InChI=1S/C12H23N2OP/c1-4-5-10-16(15)13(2)11-8-6-7-9-12(11)14(16)3/h4-5,11-12H,6-10H2,1-3H3/b5-4-/t11-,12-/m1/s1. The van der Waals surface area contributed by atoms with E-state index in [-0.39, 0.29) is 0 Å². The van der Waals surface area contributed by atoms with Gasteiger partial charge >= 0.3 is 0 Å². The molecule has 4 heteroatoms. The lowest BCUT2D eigenvalue weighted by Crippen LogP contribution is -2.37. The predicted molar refractivity (Wildman–Crippen MR) is 68.9 cm³/mol. The van der Waals surface area contributed by atoms with Crippen molar-refractivity contribution in [2.45, 2.75) is 44.7 Å². The van der Waals surface area contributed by atoms with Gasteiger partial charge in [0.15, 0.2) is 0 Å². The lowest BCUT2D eigenvalue weighted by Gasteiger charge is -2.28. The lowest BCUT2D eigenvalue weighted by atomic mass is 9.91. The van der Waals surface area contributed by atoms with Gasteiger partial charge in [-0.2, -0.15) is 0 Å². The van der Waals surface area contributed by atoms with E-state index < -0.39 is 7.44 Å². The molecule has 2 rings (SSSR count). The quantitative estimate of drug-likeness (QED) is 0.549. The molecule has 0 spiro atoms. The normalized spacial score (nSPS) is 35.7. The second-order valence-corrected chi connectivity index (χ2v) is 7.94. The van der Waals surface area contributed by atoms with Gasteiger partial charge in [0.25, 0.3) is 0 Å². The summed E-state index contributed by atoms with van der Waals surface area (Å²) < 4.78 is 17.4. The van der Waals surface area contributed by atoms with Gasteiger partial charge in [0, 0.05) is 18.2 Å².